The number of benzene rings is 1. The summed E-state index contributed by atoms with van der Waals surface area (Å²) in [5.74, 6) is 0.822. The van der Waals surface area contributed by atoms with Crippen LogP contribution >= 0.6 is 36.4 Å². The Morgan fingerprint density at radius 1 is 1.23 bits per heavy atom. The maximum absolute atomic E-state index is 12.1. The summed E-state index contributed by atoms with van der Waals surface area (Å²) in [6.45, 7) is 5.04. The van der Waals surface area contributed by atoms with Gasteiger partial charge in [-0.3, -0.25) is 9.69 Å². The molecule has 5 nitrogen and oxygen atoms in total. The van der Waals surface area contributed by atoms with E-state index in [-0.39, 0.29) is 36.8 Å². The van der Waals surface area contributed by atoms with Crippen LogP contribution in [0.2, 0.25) is 5.02 Å². The molecule has 1 saturated carbocycles. The Morgan fingerprint density at radius 2 is 1.92 bits per heavy atom. The molecule has 2 fully saturated rings. The zero-order valence-electron chi connectivity index (χ0n) is 14.8. The predicted molar refractivity (Wildman–Crippen MR) is 110 cm³/mol. The molecule has 0 aromatic heterocycles. The van der Waals surface area contributed by atoms with Gasteiger partial charge < -0.3 is 15.4 Å². The van der Waals surface area contributed by atoms with Gasteiger partial charge in [0, 0.05) is 24.7 Å². The van der Waals surface area contributed by atoms with Crippen LogP contribution in [0.15, 0.2) is 24.3 Å². The van der Waals surface area contributed by atoms with Crippen LogP contribution in [0.25, 0.3) is 0 Å². The molecule has 8 heteroatoms. The van der Waals surface area contributed by atoms with Gasteiger partial charge in [0.05, 0.1) is 25.8 Å². The lowest BCUT2D eigenvalue weighted by molar-refractivity contribution is -0.120. The number of carbonyl (C=O) groups is 1. The number of hydrogen-bond donors (Lipinski definition) is 2. The standard InChI is InChI=1S/C18H26ClN3O2.2ClH/c19-16-4-2-1-3-15(16)17(22-7-9-24-10-8-22)12-21-18(23)13-20-11-14-5-6-14;;/h1-4,14,17,20H,5-13H2,(H,21,23);2*1H. The molecule has 0 spiro atoms. The van der Waals surface area contributed by atoms with Crippen molar-refractivity contribution in [1.29, 1.82) is 0 Å². The monoisotopic (exact) mass is 423 g/mol. The largest absolute Gasteiger partial charge is 0.379 e. The first-order valence-electron chi connectivity index (χ1n) is 8.77. The quantitative estimate of drug-likeness (QED) is 0.674. The van der Waals surface area contributed by atoms with Gasteiger partial charge in [-0.2, -0.15) is 0 Å². The summed E-state index contributed by atoms with van der Waals surface area (Å²) >= 11 is 6.40. The van der Waals surface area contributed by atoms with Crippen molar-refractivity contribution in [2.45, 2.75) is 18.9 Å². The van der Waals surface area contributed by atoms with Crippen LogP contribution in [0.4, 0.5) is 0 Å². The van der Waals surface area contributed by atoms with E-state index in [0.717, 1.165) is 49.4 Å². The highest BCUT2D eigenvalue weighted by Crippen LogP contribution is 2.28. The van der Waals surface area contributed by atoms with Gasteiger partial charge in [-0.25, -0.2) is 0 Å². The summed E-state index contributed by atoms with van der Waals surface area (Å²) in [5.41, 5.74) is 1.06. The number of hydrogen-bond acceptors (Lipinski definition) is 4. The second-order valence-corrected chi connectivity index (χ2v) is 6.97. The molecular formula is C18H28Cl3N3O2. The average molecular weight is 425 g/mol. The molecular weight excluding hydrogens is 397 g/mol. The fourth-order valence-corrected chi connectivity index (χ4v) is 3.32. The van der Waals surface area contributed by atoms with E-state index in [1.165, 1.54) is 12.8 Å². The predicted octanol–water partition coefficient (Wildman–Crippen LogP) is 2.67. The van der Waals surface area contributed by atoms with E-state index < -0.39 is 0 Å². The number of halogens is 3. The second-order valence-electron chi connectivity index (χ2n) is 6.56. The van der Waals surface area contributed by atoms with Crippen LogP contribution in [0.3, 0.4) is 0 Å². The molecule has 1 amide bonds. The van der Waals surface area contributed by atoms with Crippen molar-refractivity contribution in [3.63, 3.8) is 0 Å². The fourth-order valence-electron chi connectivity index (χ4n) is 3.06. The van der Waals surface area contributed by atoms with E-state index in [4.69, 9.17) is 16.3 Å². The van der Waals surface area contributed by atoms with Crippen molar-refractivity contribution >= 4 is 42.3 Å². The van der Waals surface area contributed by atoms with E-state index in [9.17, 15) is 4.79 Å². The number of ether oxygens (including phenoxy) is 1. The van der Waals surface area contributed by atoms with Gasteiger partial charge >= 0.3 is 0 Å². The second kappa shape index (κ2) is 12.0. The van der Waals surface area contributed by atoms with Crippen LogP contribution in [-0.2, 0) is 9.53 Å². The van der Waals surface area contributed by atoms with Crippen molar-refractivity contribution in [1.82, 2.24) is 15.5 Å². The minimum Gasteiger partial charge on any atom is -0.379 e. The minimum atomic E-state index is 0. The van der Waals surface area contributed by atoms with Gasteiger partial charge in [-0.1, -0.05) is 29.8 Å². The molecule has 2 aliphatic rings. The van der Waals surface area contributed by atoms with E-state index in [1.807, 2.05) is 24.3 Å². The van der Waals surface area contributed by atoms with Gasteiger partial charge in [0.2, 0.25) is 5.91 Å². The third-order valence-corrected chi connectivity index (χ3v) is 5.00. The molecule has 1 aliphatic carbocycles. The van der Waals surface area contributed by atoms with Crippen molar-refractivity contribution in [2.24, 2.45) is 5.92 Å². The number of nitrogens with zero attached hydrogens (tertiary/aromatic N) is 1. The average Bonchev–Trinajstić information content (AvgIpc) is 3.42. The molecule has 1 unspecified atom stereocenters. The fraction of sp³-hybridized carbons (Fsp3) is 0.611. The summed E-state index contributed by atoms with van der Waals surface area (Å²) in [4.78, 5) is 14.4. The van der Waals surface area contributed by atoms with Crippen molar-refractivity contribution < 1.29 is 9.53 Å². The number of nitrogens with one attached hydrogen (secondary N) is 2. The smallest absolute Gasteiger partial charge is 0.234 e. The maximum atomic E-state index is 12.1. The maximum Gasteiger partial charge on any atom is 0.234 e. The highest BCUT2D eigenvalue weighted by molar-refractivity contribution is 6.31. The van der Waals surface area contributed by atoms with Gasteiger partial charge in [0.25, 0.3) is 0 Å². The summed E-state index contributed by atoms with van der Waals surface area (Å²) in [7, 11) is 0. The van der Waals surface area contributed by atoms with E-state index in [1.54, 1.807) is 0 Å². The highest BCUT2D eigenvalue weighted by atomic mass is 35.5. The van der Waals surface area contributed by atoms with Crippen molar-refractivity contribution in [3.05, 3.63) is 34.9 Å². The molecule has 2 N–H and O–H groups in total. The molecule has 0 bridgehead atoms. The SMILES string of the molecule is Cl.Cl.O=C(CNCC1CC1)NCC(c1ccccc1Cl)N1CCOCC1. The molecule has 1 aromatic carbocycles. The minimum absolute atomic E-state index is 0. The van der Waals surface area contributed by atoms with Gasteiger partial charge in [-0.05, 0) is 36.9 Å². The third-order valence-electron chi connectivity index (χ3n) is 4.66. The van der Waals surface area contributed by atoms with Crippen LogP contribution in [0.1, 0.15) is 24.4 Å². The van der Waals surface area contributed by atoms with Gasteiger partial charge in [-0.15, -0.1) is 24.8 Å². The first-order valence-corrected chi connectivity index (χ1v) is 9.15. The number of amides is 1. The Labute approximate surface area is 173 Å². The lowest BCUT2D eigenvalue weighted by atomic mass is 10.0. The molecule has 1 atom stereocenters. The lowest BCUT2D eigenvalue weighted by Gasteiger charge is -2.35. The highest BCUT2D eigenvalue weighted by Gasteiger charge is 2.25. The zero-order chi connectivity index (χ0) is 16.8. The van der Waals surface area contributed by atoms with E-state index in [2.05, 4.69) is 15.5 Å². The molecule has 26 heavy (non-hydrogen) atoms. The van der Waals surface area contributed by atoms with Gasteiger partial charge in [0.15, 0.2) is 0 Å². The van der Waals surface area contributed by atoms with Gasteiger partial charge in [0.1, 0.15) is 0 Å². The Hall–Kier alpha value is -0.560. The van der Waals surface area contributed by atoms with E-state index in [0.29, 0.717) is 13.1 Å². The molecule has 1 saturated heterocycles. The lowest BCUT2D eigenvalue weighted by Crippen LogP contribution is -2.45. The van der Waals surface area contributed by atoms with E-state index >= 15 is 0 Å². The van der Waals surface area contributed by atoms with Crippen LogP contribution in [0.5, 0.6) is 0 Å². The topological polar surface area (TPSA) is 53.6 Å². The Balaban J connectivity index is 0.00000169. The van der Waals surface area contributed by atoms with Crippen molar-refractivity contribution in [3.8, 4) is 0 Å². The normalized spacial score (nSPS) is 18.3. The first kappa shape index (κ1) is 23.5. The Kier molecular flexibility index (Phi) is 10.8. The summed E-state index contributed by atoms with van der Waals surface area (Å²) in [6, 6.07) is 7.95. The molecule has 148 valence electrons. The summed E-state index contributed by atoms with van der Waals surface area (Å²) in [5, 5.41) is 7.03. The molecule has 0 radical (unpaired) electrons. The number of morpholine rings is 1. The molecule has 1 aliphatic heterocycles. The van der Waals surface area contributed by atoms with Crippen LogP contribution < -0.4 is 10.6 Å². The Bertz CT molecular complexity index is 552. The van der Waals surface area contributed by atoms with Crippen molar-refractivity contribution in [2.75, 3.05) is 45.9 Å². The van der Waals surface area contributed by atoms with Crippen LogP contribution in [-0.4, -0.2) is 56.7 Å². The molecule has 3 rings (SSSR count). The summed E-state index contributed by atoms with van der Waals surface area (Å²) in [6.07, 6.45) is 2.58. The third kappa shape index (κ3) is 7.22. The zero-order valence-corrected chi connectivity index (χ0v) is 17.2. The van der Waals surface area contributed by atoms with Crippen LogP contribution in [0, 0.1) is 5.92 Å². The molecule has 1 aromatic rings. The summed E-state index contributed by atoms with van der Waals surface area (Å²) < 4.78 is 5.45. The number of rotatable bonds is 8. The first-order chi connectivity index (χ1) is 11.7. The Morgan fingerprint density at radius 3 is 2.58 bits per heavy atom. The number of carbonyl (C=O) groups excluding carboxylic acids is 1. The molecule has 1 heterocycles.